The highest BCUT2D eigenvalue weighted by Crippen LogP contribution is 2.44. The van der Waals surface area contributed by atoms with Gasteiger partial charge in [-0.1, -0.05) is 31.9 Å². The third kappa shape index (κ3) is 4.46. The molecule has 5 heteroatoms. The first-order valence-electron chi connectivity index (χ1n) is 8.79. The number of rotatable bonds is 6. The summed E-state index contributed by atoms with van der Waals surface area (Å²) in [5.74, 6) is -3.30. The highest BCUT2D eigenvalue weighted by atomic mass is 19.3. The van der Waals surface area contributed by atoms with E-state index in [2.05, 4.69) is 0 Å². The van der Waals surface area contributed by atoms with Crippen LogP contribution < -0.4 is 4.90 Å². The average molecular weight is 339 g/mol. The zero-order valence-corrected chi connectivity index (χ0v) is 14.5. The van der Waals surface area contributed by atoms with Crippen LogP contribution in [0.1, 0.15) is 52.4 Å². The predicted octanol–water partition coefficient (Wildman–Crippen LogP) is 4.99. The Hall–Kier alpha value is -1.65. The van der Waals surface area contributed by atoms with Crippen LogP contribution in [0.25, 0.3) is 0 Å². The van der Waals surface area contributed by atoms with Gasteiger partial charge in [0.1, 0.15) is 5.75 Å². The SMILES string of the molecule is CCCC[C@@H]1CC(CN(C(C)=O)c2ccccc2O)CCC1(F)F. The van der Waals surface area contributed by atoms with Crippen molar-refractivity contribution in [1.29, 1.82) is 0 Å². The number of phenolic OH excluding ortho intramolecular Hbond substituents is 1. The van der Waals surface area contributed by atoms with Gasteiger partial charge in [0.05, 0.1) is 5.69 Å². The molecule has 1 aliphatic carbocycles. The second-order valence-corrected chi connectivity index (χ2v) is 6.86. The summed E-state index contributed by atoms with van der Waals surface area (Å²) in [6, 6.07) is 6.66. The lowest BCUT2D eigenvalue weighted by molar-refractivity contribution is -0.117. The second-order valence-electron chi connectivity index (χ2n) is 6.86. The van der Waals surface area contributed by atoms with Crippen LogP contribution in [0.15, 0.2) is 24.3 Å². The van der Waals surface area contributed by atoms with Crippen LogP contribution in [0.4, 0.5) is 14.5 Å². The molecule has 2 atom stereocenters. The van der Waals surface area contributed by atoms with Gasteiger partial charge in [0.25, 0.3) is 5.92 Å². The van der Waals surface area contributed by atoms with E-state index in [1.54, 1.807) is 18.2 Å². The average Bonchev–Trinajstić information content (AvgIpc) is 2.53. The van der Waals surface area contributed by atoms with Gasteiger partial charge in [-0.05, 0) is 37.3 Å². The van der Waals surface area contributed by atoms with Gasteiger partial charge in [0.2, 0.25) is 5.91 Å². The summed E-state index contributed by atoms with van der Waals surface area (Å²) in [6.45, 7) is 3.83. The molecule has 0 aromatic heterocycles. The van der Waals surface area contributed by atoms with Crippen molar-refractivity contribution in [3.8, 4) is 5.75 Å². The zero-order chi connectivity index (χ0) is 17.7. The molecule has 1 aromatic carbocycles. The number of hydrogen-bond donors (Lipinski definition) is 1. The third-order valence-electron chi connectivity index (χ3n) is 5.00. The van der Waals surface area contributed by atoms with E-state index < -0.39 is 11.8 Å². The minimum atomic E-state index is -2.60. The Morgan fingerprint density at radius 2 is 2.08 bits per heavy atom. The lowest BCUT2D eigenvalue weighted by Gasteiger charge is -2.38. The highest BCUT2D eigenvalue weighted by Gasteiger charge is 2.44. The number of aromatic hydroxyl groups is 1. The zero-order valence-electron chi connectivity index (χ0n) is 14.5. The fourth-order valence-electron chi connectivity index (χ4n) is 3.59. The molecule has 2 rings (SSSR count). The number of phenols is 1. The largest absolute Gasteiger partial charge is 0.506 e. The first-order chi connectivity index (χ1) is 11.3. The fourth-order valence-corrected chi connectivity index (χ4v) is 3.59. The first-order valence-corrected chi connectivity index (χ1v) is 8.79. The molecule has 1 N–H and O–H groups in total. The summed E-state index contributed by atoms with van der Waals surface area (Å²) >= 11 is 0. The lowest BCUT2D eigenvalue weighted by atomic mass is 9.76. The molecular weight excluding hydrogens is 312 g/mol. The Morgan fingerprint density at radius 3 is 2.71 bits per heavy atom. The van der Waals surface area contributed by atoms with E-state index in [1.165, 1.54) is 17.9 Å². The maximum absolute atomic E-state index is 14.1. The molecule has 0 saturated heterocycles. The number of anilines is 1. The Kier molecular flexibility index (Phi) is 6.19. The van der Waals surface area contributed by atoms with Crippen LogP contribution in [0.5, 0.6) is 5.75 Å². The van der Waals surface area contributed by atoms with E-state index in [4.69, 9.17) is 0 Å². The van der Waals surface area contributed by atoms with Crippen LogP contribution in [0.2, 0.25) is 0 Å². The van der Waals surface area contributed by atoms with E-state index in [0.29, 0.717) is 31.5 Å². The summed E-state index contributed by atoms with van der Waals surface area (Å²) in [7, 11) is 0. The first kappa shape index (κ1) is 18.7. The van der Waals surface area contributed by atoms with Gasteiger partial charge >= 0.3 is 0 Å². The van der Waals surface area contributed by atoms with E-state index in [0.717, 1.165) is 12.8 Å². The van der Waals surface area contributed by atoms with Crippen molar-refractivity contribution in [1.82, 2.24) is 0 Å². The number of alkyl halides is 2. The molecule has 0 spiro atoms. The van der Waals surface area contributed by atoms with E-state index in [-0.39, 0.29) is 24.0 Å². The number of unbranched alkanes of at least 4 members (excludes halogenated alkanes) is 1. The van der Waals surface area contributed by atoms with Crippen LogP contribution in [-0.4, -0.2) is 23.5 Å². The number of amides is 1. The Balaban J connectivity index is 2.10. The van der Waals surface area contributed by atoms with Gasteiger partial charge in [-0.15, -0.1) is 0 Å². The topological polar surface area (TPSA) is 40.5 Å². The summed E-state index contributed by atoms with van der Waals surface area (Å²) in [5, 5.41) is 10.00. The van der Waals surface area contributed by atoms with Crippen molar-refractivity contribution in [2.75, 3.05) is 11.4 Å². The number of para-hydroxylation sites is 2. The molecule has 0 radical (unpaired) electrons. The van der Waals surface area contributed by atoms with Crippen LogP contribution in [0, 0.1) is 11.8 Å². The van der Waals surface area contributed by atoms with Gasteiger partial charge in [-0.25, -0.2) is 8.78 Å². The molecule has 24 heavy (non-hydrogen) atoms. The van der Waals surface area contributed by atoms with Crippen molar-refractivity contribution in [2.24, 2.45) is 11.8 Å². The van der Waals surface area contributed by atoms with Gasteiger partial charge in [-0.3, -0.25) is 4.79 Å². The van der Waals surface area contributed by atoms with Crippen LogP contribution in [-0.2, 0) is 4.79 Å². The molecule has 1 amide bonds. The molecule has 1 unspecified atom stereocenters. The predicted molar refractivity (Wildman–Crippen MR) is 91.4 cm³/mol. The van der Waals surface area contributed by atoms with E-state index >= 15 is 0 Å². The third-order valence-corrected chi connectivity index (χ3v) is 5.00. The van der Waals surface area contributed by atoms with Crippen LogP contribution in [0.3, 0.4) is 0 Å². The number of hydrogen-bond acceptors (Lipinski definition) is 2. The lowest BCUT2D eigenvalue weighted by Crippen LogP contribution is -2.41. The Bertz CT molecular complexity index is 562. The summed E-state index contributed by atoms with van der Waals surface area (Å²) < 4.78 is 28.3. The molecule has 1 aliphatic rings. The molecule has 1 aromatic rings. The number of halogens is 2. The number of carbonyl (C=O) groups excluding carboxylic acids is 1. The summed E-state index contributed by atoms with van der Waals surface area (Å²) in [4.78, 5) is 13.5. The molecule has 0 bridgehead atoms. The van der Waals surface area contributed by atoms with Crippen molar-refractivity contribution < 1.29 is 18.7 Å². The maximum Gasteiger partial charge on any atom is 0.250 e. The van der Waals surface area contributed by atoms with Crippen molar-refractivity contribution in [3.63, 3.8) is 0 Å². The number of benzene rings is 1. The normalized spacial score (nSPS) is 23.0. The van der Waals surface area contributed by atoms with E-state index in [1.807, 2.05) is 6.92 Å². The minimum absolute atomic E-state index is 0.0370. The molecular formula is C19H27F2NO2. The number of nitrogens with zero attached hydrogens (tertiary/aromatic N) is 1. The molecule has 0 aliphatic heterocycles. The van der Waals surface area contributed by atoms with Gasteiger partial charge in [0.15, 0.2) is 0 Å². The van der Waals surface area contributed by atoms with Crippen LogP contribution >= 0.6 is 0 Å². The smallest absolute Gasteiger partial charge is 0.250 e. The van der Waals surface area contributed by atoms with Gasteiger partial charge < -0.3 is 10.0 Å². The molecule has 134 valence electrons. The Labute approximate surface area is 142 Å². The maximum atomic E-state index is 14.1. The second kappa shape index (κ2) is 7.95. The Morgan fingerprint density at radius 1 is 1.38 bits per heavy atom. The van der Waals surface area contributed by atoms with Gasteiger partial charge in [-0.2, -0.15) is 0 Å². The van der Waals surface area contributed by atoms with Crippen molar-refractivity contribution in [2.45, 2.75) is 58.3 Å². The minimum Gasteiger partial charge on any atom is -0.506 e. The fraction of sp³-hybridized carbons (Fsp3) is 0.632. The molecule has 1 saturated carbocycles. The standard InChI is InChI=1S/C19H27F2NO2/c1-3-4-7-16-12-15(10-11-19(16,20)21)13-22(14(2)23)17-8-5-6-9-18(17)24/h5-6,8-9,15-16,24H,3-4,7,10-13H2,1-2H3/t15?,16-/m1/s1. The summed E-state index contributed by atoms with van der Waals surface area (Å²) in [6.07, 6.45) is 2.99. The molecule has 0 heterocycles. The van der Waals surface area contributed by atoms with Gasteiger partial charge in [0, 0.05) is 25.8 Å². The quantitative estimate of drug-likeness (QED) is 0.793. The van der Waals surface area contributed by atoms with Crippen molar-refractivity contribution in [3.05, 3.63) is 24.3 Å². The monoisotopic (exact) mass is 339 g/mol. The highest BCUT2D eigenvalue weighted by molar-refractivity contribution is 5.93. The molecule has 1 fully saturated rings. The van der Waals surface area contributed by atoms with Crippen molar-refractivity contribution >= 4 is 11.6 Å². The summed E-state index contributed by atoms with van der Waals surface area (Å²) in [5.41, 5.74) is 0.451. The molecule has 3 nitrogen and oxygen atoms in total. The van der Waals surface area contributed by atoms with E-state index in [9.17, 15) is 18.7 Å². The number of carbonyl (C=O) groups is 1.